The summed E-state index contributed by atoms with van der Waals surface area (Å²) in [6, 6.07) is 20.1. The van der Waals surface area contributed by atoms with Crippen LogP contribution in [0.3, 0.4) is 0 Å². The number of hydrogen-bond donors (Lipinski definition) is 0. The molecule has 5 aromatic rings. The van der Waals surface area contributed by atoms with Gasteiger partial charge < -0.3 is 9.30 Å². The maximum atomic E-state index is 11.7. The molecular weight excluding hydrogens is 488 g/mol. The normalized spacial score (nSPS) is 16.6. The zero-order valence-corrected chi connectivity index (χ0v) is 20.8. The molecule has 8 nitrogen and oxygen atoms in total. The van der Waals surface area contributed by atoms with Crippen LogP contribution in [0.25, 0.3) is 33.7 Å². The maximum Gasteiger partial charge on any atom is 0.302 e. The molecule has 0 fully saturated rings. The third-order valence-corrected chi connectivity index (χ3v) is 6.93. The fourth-order valence-electron chi connectivity index (χ4n) is 4.97. The molecule has 37 heavy (non-hydrogen) atoms. The molecule has 0 N–H and O–H groups in total. The van der Waals surface area contributed by atoms with Gasteiger partial charge in [0.2, 0.25) is 0 Å². The average molecular weight is 511 g/mol. The van der Waals surface area contributed by atoms with Crippen molar-refractivity contribution in [3.8, 4) is 22.5 Å². The topological polar surface area (TPSA) is 95.7 Å². The minimum atomic E-state index is -0.311. The minimum Gasteiger partial charge on any atom is -0.465 e. The molecule has 6 rings (SSSR count). The van der Waals surface area contributed by atoms with Crippen LogP contribution in [0.4, 0.5) is 0 Å². The molecule has 0 amide bonds. The van der Waals surface area contributed by atoms with Crippen molar-refractivity contribution in [2.45, 2.75) is 31.7 Å². The van der Waals surface area contributed by atoms with Crippen LogP contribution in [-0.4, -0.2) is 42.1 Å². The molecule has 0 aliphatic heterocycles. The van der Waals surface area contributed by atoms with Gasteiger partial charge in [-0.25, -0.2) is 24.9 Å². The Hall–Kier alpha value is -4.17. The lowest BCUT2D eigenvalue weighted by atomic mass is 10.0. The predicted molar refractivity (Wildman–Crippen MR) is 140 cm³/mol. The summed E-state index contributed by atoms with van der Waals surface area (Å²) < 4.78 is 7.42. The first kappa shape index (κ1) is 23.2. The lowest BCUT2D eigenvalue weighted by Gasteiger charge is -2.15. The summed E-state index contributed by atoms with van der Waals surface area (Å²) >= 11 is 6.23. The number of aromatic nitrogens is 6. The van der Waals surface area contributed by atoms with E-state index < -0.39 is 0 Å². The Balaban J connectivity index is 1.48. The second-order valence-electron chi connectivity index (χ2n) is 9.09. The fourth-order valence-corrected chi connectivity index (χ4v) is 5.15. The van der Waals surface area contributed by atoms with E-state index in [2.05, 4.69) is 15.0 Å². The average Bonchev–Trinajstić information content (AvgIpc) is 3.49. The number of carbonyl (C=O) groups excluding carboxylic acids is 1. The Morgan fingerprint density at radius 2 is 1.54 bits per heavy atom. The number of nitrogens with zero attached hydrogens (tertiary/aromatic N) is 6. The summed E-state index contributed by atoms with van der Waals surface area (Å²) in [5.41, 5.74) is 6.61. The quantitative estimate of drug-likeness (QED) is 0.222. The molecule has 1 aliphatic rings. The first-order valence-corrected chi connectivity index (χ1v) is 12.4. The summed E-state index contributed by atoms with van der Waals surface area (Å²) in [5.74, 6) is -0.368. The van der Waals surface area contributed by atoms with Gasteiger partial charge in [-0.15, -0.1) is 0 Å². The number of fused-ring (bicyclic) bond motifs is 2. The minimum absolute atomic E-state index is 0.0153. The summed E-state index contributed by atoms with van der Waals surface area (Å²) in [6.07, 6.45) is 3.90. The van der Waals surface area contributed by atoms with Crippen LogP contribution in [0.2, 0.25) is 5.15 Å². The van der Waals surface area contributed by atoms with Gasteiger partial charge in [0.1, 0.15) is 11.8 Å². The number of benzene rings is 2. The van der Waals surface area contributed by atoms with Crippen LogP contribution in [-0.2, 0) is 16.1 Å². The molecule has 0 unspecified atom stereocenters. The third-order valence-electron chi connectivity index (χ3n) is 6.65. The monoisotopic (exact) mass is 510 g/mol. The van der Waals surface area contributed by atoms with E-state index in [1.165, 1.54) is 13.3 Å². The highest BCUT2D eigenvalue weighted by atomic mass is 35.5. The SMILES string of the molecule is CC(=O)OC[C@H]1C[C@@H](Cn2cnc3c(Cl)ncnc32)c2nc(-c3ccccc3)c(-c3ccccc3)nc21. The van der Waals surface area contributed by atoms with E-state index in [9.17, 15) is 4.79 Å². The Bertz CT molecular complexity index is 1590. The van der Waals surface area contributed by atoms with Gasteiger partial charge in [0.15, 0.2) is 10.8 Å². The summed E-state index contributed by atoms with van der Waals surface area (Å²) in [4.78, 5) is 34.9. The van der Waals surface area contributed by atoms with Crippen molar-refractivity contribution >= 4 is 28.7 Å². The van der Waals surface area contributed by atoms with Gasteiger partial charge in [0.25, 0.3) is 0 Å². The molecule has 2 atom stereocenters. The lowest BCUT2D eigenvalue weighted by Crippen LogP contribution is -2.10. The van der Waals surface area contributed by atoms with Crippen molar-refractivity contribution in [3.63, 3.8) is 0 Å². The van der Waals surface area contributed by atoms with E-state index in [0.29, 0.717) is 22.9 Å². The van der Waals surface area contributed by atoms with Gasteiger partial charge in [-0.2, -0.15) is 0 Å². The smallest absolute Gasteiger partial charge is 0.302 e. The van der Waals surface area contributed by atoms with E-state index in [4.69, 9.17) is 26.3 Å². The van der Waals surface area contributed by atoms with Gasteiger partial charge in [-0.05, 0) is 6.42 Å². The highest BCUT2D eigenvalue weighted by molar-refractivity contribution is 6.33. The van der Waals surface area contributed by atoms with Crippen LogP contribution >= 0.6 is 11.6 Å². The van der Waals surface area contributed by atoms with Crippen LogP contribution < -0.4 is 0 Å². The van der Waals surface area contributed by atoms with Crippen LogP contribution in [0.5, 0.6) is 0 Å². The largest absolute Gasteiger partial charge is 0.465 e. The fraction of sp³-hybridized carbons (Fsp3) is 0.214. The number of hydrogen-bond acceptors (Lipinski definition) is 7. The van der Waals surface area contributed by atoms with E-state index in [0.717, 1.165) is 40.3 Å². The predicted octanol–water partition coefficient (Wildman–Crippen LogP) is 5.44. The zero-order chi connectivity index (χ0) is 25.4. The number of esters is 1. The Morgan fingerprint density at radius 3 is 2.16 bits per heavy atom. The van der Waals surface area contributed by atoms with E-state index in [1.807, 2.05) is 65.2 Å². The molecule has 184 valence electrons. The zero-order valence-electron chi connectivity index (χ0n) is 20.1. The van der Waals surface area contributed by atoms with Crippen molar-refractivity contribution in [2.24, 2.45) is 0 Å². The highest BCUT2D eigenvalue weighted by Gasteiger charge is 2.36. The molecule has 1 aliphatic carbocycles. The first-order chi connectivity index (χ1) is 18.1. The van der Waals surface area contributed by atoms with Crippen molar-refractivity contribution in [2.75, 3.05) is 6.61 Å². The summed E-state index contributed by atoms with van der Waals surface area (Å²) in [7, 11) is 0. The summed E-state index contributed by atoms with van der Waals surface area (Å²) in [5, 5.41) is 0.321. The van der Waals surface area contributed by atoms with Gasteiger partial charge in [-0.1, -0.05) is 72.3 Å². The number of rotatable bonds is 6. The summed E-state index contributed by atoms with van der Waals surface area (Å²) in [6.45, 7) is 2.26. The maximum absolute atomic E-state index is 11.7. The van der Waals surface area contributed by atoms with E-state index in [1.54, 1.807) is 6.33 Å². The first-order valence-electron chi connectivity index (χ1n) is 12.1. The Morgan fingerprint density at radius 1 is 0.919 bits per heavy atom. The second kappa shape index (κ2) is 9.71. The van der Waals surface area contributed by atoms with Gasteiger partial charge in [0.05, 0.1) is 35.7 Å². The number of imidazole rings is 1. The molecule has 2 aromatic carbocycles. The molecule has 3 heterocycles. The van der Waals surface area contributed by atoms with Crippen molar-refractivity contribution in [3.05, 3.63) is 89.9 Å². The van der Waals surface area contributed by atoms with Gasteiger partial charge in [-0.3, -0.25) is 4.79 Å². The van der Waals surface area contributed by atoms with Crippen LogP contribution in [0.15, 0.2) is 73.3 Å². The van der Waals surface area contributed by atoms with Gasteiger partial charge >= 0.3 is 5.97 Å². The Kier molecular flexibility index (Phi) is 6.10. The number of carbonyl (C=O) groups is 1. The van der Waals surface area contributed by atoms with E-state index >= 15 is 0 Å². The molecule has 3 aromatic heterocycles. The molecule has 0 saturated carbocycles. The number of halogens is 1. The third kappa shape index (κ3) is 4.44. The highest BCUT2D eigenvalue weighted by Crippen LogP contribution is 2.44. The molecule has 0 spiro atoms. The molecular formula is C28H23ClN6O2. The van der Waals surface area contributed by atoms with Crippen molar-refractivity contribution < 1.29 is 9.53 Å². The molecule has 0 bridgehead atoms. The van der Waals surface area contributed by atoms with Crippen molar-refractivity contribution in [1.82, 2.24) is 29.5 Å². The van der Waals surface area contributed by atoms with E-state index in [-0.39, 0.29) is 24.4 Å². The van der Waals surface area contributed by atoms with Gasteiger partial charge in [0, 0.05) is 36.4 Å². The molecule has 0 radical (unpaired) electrons. The molecule has 0 saturated heterocycles. The Labute approximate surface area is 218 Å². The standard InChI is InChI=1S/C28H23ClN6O2/c1-17(36)37-14-21-12-20(13-35-16-32-26-27(29)30-15-31-28(26)35)24-25(21)34-23(19-10-6-3-7-11-19)22(33-24)18-8-4-2-5-9-18/h2-11,15-16,20-21H,12-14H2,1H3/t20-,21+/m0/s1. The molecule has 9 heteroatoms. The van der Waals surface area contributed by atoms with Crippen LogP contribution in [0, 0.1) is 0 Å². The number of ether oxygens (including phenoxy) is 1. The second-order valence-corrected chi connectivity index (χ2v) is 9.45. The lowest BCUT2D eigenvalue weighted by molar-refractivity contribution is -0.141. The van der Waals surface area contributed by atoms with Crippen molar-refractivity contribution in [1.29, 1.82) is 0 Å². The van der Waals surface area contributed by atoms with Crippen LogP contribution in [0.1, 0.15) is 36.6 Å².